The van der Waals surface area contributed by atoms with Crippen molar-refractivity contribution in [2.45, 2.75) is 6.54 Å². The van der Waals surface area contributed by atoms with Crippen molar-refractivity contribution in [2.24, 2.45) is 0 Å². The number of hydrogen-bond acceptors (Lipinski definition) is 3. The third-order valence-electron chi connectivity index (χ3n) is 2.68. The fourth-order valence-corrected chi connectivity index (χ4v) is 1.80. The number of nitrogens with zero attached hydrogens (tertiary/aromatic N) is 1. The highest BCUT2D eigenvalue weighted by atomic mass is 19.1. The van der Waals surface area contributed by atoms with Gasteiger partial charge < -0.3 is 10.1 Å². The number of rotatable bonds is 4. The molecule has 0 aliphatic heterocycles. The molecule has 2 rings (SSSR count). The second-order valence-electron chi connectivity index (χ2n) is 4.01. The molecule has 0 aromatic heterocycles. The number of hydrogen-bond donors (Lipinski definition) is 1. The van der Waals surface area contributed by atoms with Gasteiger partial charge in [0, 0.05) is 6.54 Å². The van der Waals surface area contributed by atoms with Gasteiger partial charge in [-0.05, 0) is 35.9 Å². The monoisotopic (exact) mass is 256 g/mol. The Morgan fingerprint density at radius 2 is 2.05 bits per heavy atom. The summed E-state index contributed by atoms with van der Waals surface area (Å²) < 4.78 is 18.5. The fraction of sp³-hybridized carbons (Fsp3) is 0.133. The van der Waals surface area contributed by atoms with E-state index in [1.54, 1.807) is 13.2 Å². The Bertz CT molecular complexity index is 620. The highest BCUT2D eigenvalue weighted by Gasteiger charge is 2.03. The number of benzene rings is 2. The van der Waals surface area contributed by atoms with Gasteiger partial charge in [-0.15, -0.1) is 0 Å². The number of methoxy groups -OCH3 is 1. The molecule has 0 aliphatic carbocycles. The van der Waals surface area contributed by atoms with Crippen LogP contribution in [0.5, 0.6) is 5.75 Å². The predicted octanol–water partition coefficient (Wildman–Crippen LogP) is 3.32. The summed E-state index contributed by atoms with van der Waals surface area (Å²) in [7, 11) is 1.59. The quantitative estimate of drug-likeness (QED) is 0.912. The lowest BCUT2D eigenvalue weighted by molar-refractivity contribution is 0.416. The summed E-state index contributed by atoms with van der Waals surface area (Å²) in [6.45, 7) is 0.423. The van der Waals surface area contributed by atoms with Crippen molar-refractivity contribution in [2.75, 3.05) is 12.4 Å². The molecule has 0 heterocycles. The van der Waals surface area contributed by atoms with Crippen molar-refractivity contribution >= 4 is 5.69 Å². The maximum Gasteiger partial charge on any atom is 0.141 e. The third kappa shape index (κ3) is 3.23. The summed E-state index contributed by atoms with van der Waals surface area (Å²) in [5.74, 6) is 0.315. The van der Waals surface area contributed by atoms with E-state index in [0.717, 1.165) is 11.4 Å². The van der Waals surface area contributed by atoms with Gasteiger partial charge in [-0.1, -0.05) is 12.1 Å². The summed E-state index contributed by atoms with van der Waals surface area (Å²) in [5, 5.41) is 12.0. The molecule has 4 heteroatoms. The molecule has 0 bridgehead atoms. The van der Waals surface area contributed by atoms with E-state index < -0.39 is 5.82 Å². The Balaban J connectivity index is 2.15. The molecule has 1 N–H and O–H groups in total. The minimum Gasteiger partial charge on any atom is -0.495 e. The summed E-state index contributed by atoms with van der Waals surface area (Å²) in [4.78, 5) is 0. The molecule has 2 aromatic rings. The van der Waals surface area contributed by atoms with Gasteiger partial charge in [0.05, 0.1) is 24.4 Å². The van der Waals surface area contributed by atoms with Crippen molar-refractivity contribution in [1.29, 1.82) is 5.26 Å². The smallest absolute Gasteiger partial charge is 0.141 e. The maximum absolute atomic E-state index is 13.3. The molecule has 96 valence electrons. The lowest BCUT2D eigenvalue weighted by Gasteiger charge is -2.11. The number of para-hydroxylation sites is 2. The van der Waals surface area contributed by atoms with Gasteiger partial charge in [0.2, 0.25) is 0 Å². The lowest BCUT2D eigenvalue weighted by atomic mass is 10.1. The molecule has 2 aromatic carbocycles. The first-order valence-corrected chi connectivity index (χ1v) is 5.79. The lowest BCUT2D eigenvalue weighted by Crippen LogP contribution is -2.02. The SMILES string of the molecule is COc1ccccc1NCc1cc(F)cc(C#N)c1. The predicted molar refractivity (Wildman–Crippen MR) is 71.4 cm³/mol. The minimum absolute atomic E-state index is 0.317. The largest absolute Gasteiger partial charge is 0.495 e. The summed E-state index contributed by atoms with van der Waals surface area (Å²) >= 11 is 0. The zero-order valence-corrected chi connectivity index (χ0v) is 10.5. The summed E-state index contributed by atoms with van der Waals surface area (Å²) in [6, 6.07) is 13.7. The van der Waals surface area contributed by atoms with Gasteiger partial charge in [0.15, 0.2) is 0 Å². The zero-order valence-electron chi connectivity index (χ0n) is 10.5. The van der Waals surface area contributed by atoms with Crippen LogP contribution in [0.4, 0.5) is 10.1 Å². The number of ether oxygens (including phenoxy) is 1. The number of nitrogens with one attached hydrogen (secondary N) is 1. The average Bonchev–Trinajstić information content (AvgIpc) is 2.44. The van der Waals surface area contributed by atoms with Crippen LogP contribution in [0, 0.1) is 17.1 Å². The van der Waals surface area contributed by atoms with Gasteiger partial charge in [-0.3, -0.25) is 0 Å². The average molecular weight is 256 g/mol. The van der Waals surface area contributed by atoms with E-state index in [0.29, 0.717) is 17.7 Å². The molecular formula is C15H13FN2O. The van der Waals surface area contributed by atoms with Gasteiger partial charge in [0.1, 0.15) is 11.6 Å². The molecular weight excluding hydrogens is 243 g/mol. The second kappa shape index (κ2) is 5.87. The van der Waals surface area contributed by atoms with Crippen LogP contribution in [0.25, 0.3) is 0 Å². The van der Waals surface area contributed by atoms with Gasteiger partial charge in [-0.25, -0.2) is 4.39 Å². The maximum atomic E-state index is 13.3. The molecule has 0 saturated heterocycles. The molecule has 0 amide bonds. The summed E-state index contributed by atoms with van der Waals surface area (Å²) in [5.41, 5.74) is 1.85. The summed E-state index contributed by atoms with van der Waals surface area (Å²) in [6.07, 6.45) is 0. The minimum atomic E-state index is -0.407. The van der Waals surface area contributed by atoms with Crippen molar-refractivity contribution in [3.8, 4) is 11.8 Å². The molecule has 0 fully saturated rings. The molecule has 19 heavy (non-hydrogen) atoms. The van der Waals surface area contributed by atoms with Crippen molar-refractivity contribution < 1.29 is 9.13 Å². The third-order valence-corrected chi connectivity index (χ3v) is 2.68. The fourth-order valence-electron chi connectivity index (χ4n) is 1.80. The number of halogens is 1. The van der Waals surface area contributed by atoms with Gasteiger partial charge >= 0.3 is 0 Å². The van der Waals surface area contributed by atoms with Gasteiger partial charge in [0.25, 0.3) is 0 Å². The molecule has 0 spiro atoms. The van der Waals surface area contributed by atoms with Crippen molar-refractivity contribution in [3.05, 3.63) is 59.4 Å². The van der Waals surface area contributed by atoms with Crippen LogP contribution in [-0.4, -0.2) is 7.11 Å². The first-order valence-electron chi connectivity index (χ1n) is 5.79. The first-order chi connectivity index (χ1) is 9.22. The van der Waals surface area contributed by atoms with Crippen LogP contribution < -0.4 is 10.1 Å². The van der Waals surface area contributed by atoms with E-state index in [1.807, 2.05) is 30.3 Å². The van der Waals surface area contributed by atoms with Crippen LogP contribution in [0.15, 0.2) is 42.5 Å². The van der Waals surface area contributed by atoms with E-state index in [-0.39, 0.29) is 0 Å². The molecule has 0 atom stereocenters. The Labute approximate surface area is 111 Å². The second-order valence-corrected chi connectivity index (χ2v) is 4.01. The zero-order chi connectivity index (χ0) is 13.7. The molecule has 0 unspecified atom stereocenters. The Morgan fingerprint density at radius 1 is 1.26 bits per heavy atom. The molecule has 3 nitrogen and oxygen atoms in total. The van der Waals surface area contributed by atoms with E-state index in [2.05, 4.69) is 5.32 Å². The normalized spacial score (nSPS) is 9.74. The Kier molecular flexibility index (Phi) is 3.99. The highest BCUT2D eigenvalue weighted by Crippen LogP contribution is 2.23. The number of nitriles is 1. The Hall–Kier alpha value is -2.54. The van der Waals surface area contributed by atoms with E-state index in [9.17, 15) is 4.39 Å². The van der Waals surface area contributed by atoms with Crippen LogP contribution in [0.1, 0.15) is 11.1 Å². The molecule has 0 saturated carbocycles. The first kappa shape index (κ1) is 12.9. The van der Waals surface area contributed by atoms with Gasteiger partial charge in [-0.2, -0.15) is 5.26 Å². The molecule has 0 radical (unpaired) electrons. The van der Waals surface area contributed by atoms with E-state index in [1.165, 1.54) is 12.1 Å². The van der Waals surface area contributed by atoms with Crippen molar-refractivity contribution in [3.63, 3.8) is 0 Å². The topological polar surface area (TPSA) is 45.0 Å². The highest BCUT2D eigenvalue weighted by molar-refractivity contribution is 5.56. The van der Waals surface area contributed by atoms with Crippen LogP contribution in [0.3, 0.4) is 0 Å². The molecule has 0 aliphatic rings. The van der Waals surface area contributed by atoms with Crippen molar-refractivity contribution in [1.82, 2.24) is 0 Å². The van der Waals surface area contributed by atoms with E-state index >= 15 is 0 Å². The van der Waals surface area contributed by atoms with Crippen LogP contribution in [-0.2, 0) is 6.54 Å². The van der Waals surface area contributed by atoms with Crippen LogP contribution >= 0.6 is 0 Å². The standard InChI is InChI=1S/C15H13FN2O/c1-19-15-5-3-2-4-14(15)18-10-12-6-11(9-17)7-13(16)8-12/h2-8,18H,10H2,1H3. The van der Waals surface area contributed by atoms with Crippen LogP contribution in [0.2, 0.25) is 0 Å². The Morgan fingerprint density at radius 3 is 2.79 bits per heavy atom. The van der Waals surface area contributed by atoms with E-state index in [4.69, 9.17) is 10.00 Å². The number of anilines is 1.